The summed E-state index contributed by atoms with van der Waals surface area (Å²) >= 11 is 0. The molecule has 2 unspecified atom stereocenters. The number of rotatable bonds is 10. The van der Waals surface area contributed by atoms with Crippen LogP contribution in [0.25, 0.3) is 0 Å². The van der Waals surface area contributed by atoms with Gasteiger partial charge >= 0.3 is 12.1 Å². The number of amides is 3. The van der Waals surface area contributed by atoms with Crippen LogP contribution in [0.2, 0.25) is 0 Å². The molecule has 11 heteroatoms. The van der Waals surface area contributed by atoms with Crippen molar-refractivity contribution < 1.29 is 38.9 Å². The highest BCUT2D eigenvalue weighted by Gasteiger charge is 2.36. The number of benzene rings is 1. The second-order valence-electron chi connectivity index (χ2n) is 8.75. The summed E-state index contributed by atoms with van der Waals surface area (Å²) < 4.78 is 9.70. The minimum atomic E-state index is -1.44. The summed E-state index contributed by atoms with van der Waals surface area (Å²) in [6, 6.07) is 2.57. The molecule has 11 nitrogen and oxygen atoms in total. The van der Waals surface area contributed by atoms with Crippen molar-refractivity contribution in [1.29, 1.82) is 0 Å². The molecule has 1 aromatic carbocycles. The zero-order valence-electron chi connectivity index (χ0n) is 20.5. The van der Waals surface area contributed by atoms with Crippen LogP contribution in [0.5, 0.6) is 0 Å². The van der Waals surface area contributed by atoms with Crippen LogP contribution in [-0.2, 0) is 23.9 Å². The van der Waals surface area contributed by atoms with Crippen molar-refractivity contribution in [2.75, 3.05) is 33.4 Å². The second-order valence-corrected chi connectivity index (χ2v) is 8.75. The Bertz CT molecular complexity index is 861. The van der Waals surface area contributed by atoms with Gasteiger partial charge in [0.05, 0.1) is 20.3 Å². The van der Waals surface area contributed by atoms with Crippen molar-refractivity contribution in [3.8, 4) is 0 Å². The largest absolute Gasteiger partial charge is 0.468 e. The van der Waals surface area contributed by atoms with Gasteiger partial charge in [-0.3, -0.25) is 14.4 Å². The second kappa shape index (κ2) is 12.9. The Morgan fingerprint density at radius 3 is 2.12 bits per heavy atom. The Labute approximate surface area is 199 Å². The molecule has 0 aliphatic heterocycles. The van der Waals surface area contributed by atoms with E-state index < -0.39 is 61.3 Å². The first kappa shape index (κ1) is 28.9. The lowest BCUT2D eigenvalue weighted by molar-refractivity contribution is -0.145. The molecular formula is C23H35N3O8. The SMILES string of the molecule is COC(=O)CNC(=O)C(c1cc(C)cc(C)c1)N(CCO)C(=O)C(CO)NC(=O)OC(C)(C)C. The lowest BCUT2D eigenvalue weighted by atomic mass is 9.98. The van der Waals surface area contributed by atoms with Crippen LogP contribution >= 0.6 is 0 Å². The van der Waals surface area contributed by atoms with Gasteiger partial charge in [0.1, 0.15) is 24.2 Å². The number of alkyl carbamates (subject to hydrolysis) is 1. The van der Waals surface area contributed by atoms with Gasteiger partial charge in [-0.2, -0.15) is 0 Å². The number of methoxy groups -OCH3 is 1. The number of aliphatic hydroxyl groups excluding tert-OH is 2. The van der Waals surface area contributed by atoms with E-state index in [1.54, 1.807) is 32.9 Å². The molecule has 34 heavy (non-hydrogen) atoms. The third-order valence-electron chi connectivity index (χ3n) is 4.55. The Morgan fingerprint density at radius 1 is 1.06 bits per heavy atom. The molecule has 0 bridgehead atoms. The summed E-state index contributed by atoms with van der Waals surface area (Å²) in [6.07, 6.45) is -0.929. The van der Waals surface area contributed by atoms with Gasteiger partial charge in [0, 0.05) is 6.54 Å². The minimum Gasteiger partial charge on any atom is -0.468 e. The van der Waals surface area contributed by atoms with Gasteiger partial charge in [0.25, 0.3) is 0 Å². The van der Waals surface area contributed by atoms with Crippen LogP contribution in [0.4, 0.5) is 4.79 Å². The summed E-state index contributed by atoms with van der Waals surface area (Å²) in [4.78, 5) is 51.3. The quantitative estimate of drug-likeness (QED) is 0.349. The smallest absolute Gasteiger partial charge is 0.408 e. The Kier molecular flexibility index (Phi) is 10.9. The van der Waals surface area contributed by atoms with Gasteiger partial charge in [-0.1, -0.05) is 29.3 Å². The third kappa shape index (κ3) is 8.99. The molecule has 0 saturated heterocycles. The van der Waals surface area contributed by atoms with Gasteiger partial charge in [0.2, 0.25) is 11.8 Å². The number of aliphatic hydroxyl groups is 2. The lowest BCUT2D eigenvalue weighted by Gasteiger charge is -2.33. The van der Waals surface area contributed by atoms with E-state index in [4.69, 9.17) is 4.74 Å². The molecule has 0 aliphatic carbocycles. The molecule has 4 N–H and O–H groups in total. The molecule has 2 atom stereocenters. The molecule has 0 radical (unpaired) electrons. The van der Waals surface area contributed by atoms with Crippen LogP contribution in [0.15, 0.2) is 18.2 Å². The highest BCUT2D eigenvalue weighted by molar-refractivity contribution is 5.93. The van der Waals surface area contributed by atoms with Crippen molar-refractivity contribution in [3.63, 3.8) is 0 Å². The average molecular weight is 482 g/mol. The maximum atomic E-state index is 13.4. The number of aryl methyl sites for hydroxylation is 2. The van der Waals surface area contributed by atoms with Crippen molar-refractivity contribution >= 4 is 23.9 Å². The number of hydrogen-bond acceptors (Lipinski definition) is 8. The fraction of sp³-hybridized carbons (Fsp3) is 0.565. The molecule has 1 rings (SSSR count). The molecule has 0 aliphatic rings. The fourth-order valence-electron chi connectivity index (χ4n) is 3.28. The number of nitrogens with zero attached hydrogens (tertiary/aromatic N) is 1. The van der Waals surface area contributed by atoms with Gasteiger partial charge in [-0.05, 0) is 40.2 Å². The zero-order chi connectivity index (χ0) is 26.1. The van der Waals surface area contributed by atoms with Crippen LogP contribution in [0, 0.1) is 13.8 Å². The van der Waals surface area contributed by atoms with Crippen molar-refractivity contribution in [2.24, 2.45) is 0 Å². The van der Waals surface area contributed by atoms with E-state index in [1.807, 2.05) is 19.9 Å². The van der Waals surface area contributed by atoms with Gasteiger partial charge in [0.15, 0.2) is 0 Å². The average Bonchev–Trinajstić information content (AvgIpc) is 2.73. The lowest BCUT2D eigenvalue weighted by Crippen LogP contribution is -2.55. The van der Waals surface area contributed by atoms with E-state index in [0.717, 1.165) is 16.0 Å². The number of hydrogen-bond donors (Lipinski definition) is 4. The standard InChI is InChI=1S/C23H35N3O8/c1-14-9-15(2)11-16(10-14)19(20(30)24-12-18(29)33-6)26(7-8-27)21(31)17(13-28)25-22(32)34-23(3,4)5/h9-11,17,19,27-28H,7-8,12-13H2,1-6H3,(H,24,30)(H,25,32). The van der Waals surface area contributed by atoms with E-state index in [0.29, 0.717) is 5.56 Å². The van der Waals surface area contributed by atoms with Crippen molar-refractivity contribution in [3.05, 3.63) is 34.9 Å². The summed E-state index contributed by atoms with van der Waals surface area (Å²) in [5, 5.41) is 24.2. The van der Waals surface area contributed by atoms with Crippen molar-refractivity contribution in [1.82, 2.24) is 15.5 Å². The van der Waals surface area contributed by atoms with E-state index >= 15 is 0 Å². The number of nitrogens with one attached hydrogen (secondary N) is 2. The summed E-state index contributed by atoms with van der Waals surface area (Å²) in [6.45, 7) is 6.57. The number of carbonyl (C=O) groups excluding carboxylic acids is 4. The fourth-order valence-corrected chi connectivity index (χ4v) is 3.28. The first-order chi connectivity index (χ1) is 15.8. The van der Waals surface area contributed by atoms with Crippen molar-refractivity contribution in [2.45, 2.75) is 52.3 Å². The number of esters is 1. The van der Waals surface area contributed by atoms with Crippen LogP contribution in [0.1, 0.15) is 43.5 Å². The van der Waals surface area contributed by atoms with Crippen LogP contribution < -0.4 is 10.6 Å². The topological polar surface area (TPSA) is 154 Å². The number of carbonyl (C=O) groups is 4. The highest BCUT2D eigenvalue weighted by Crippen LogP contribution is 2.25. The highest BCUT2D eigenvalue weighted by atomic mass is 16.6. The summed E-state index contributed by atoms with van der Waals surface area (Å²) in [5.74, 6) is -2.21. The normalized spacial score (nSPS) is 12.8. The molecule has 0 aromatic heterocycles. The Morgan fingerprint density at radius 2 is 1.65 bits per heavy atom. The van der Waals surface area contributed by atoms with Gasteiger partial charge in [-0.15, -0.1) is 0 Å². The maximum Gasteiger partial charge on any atom is 0.408 e. The molecule has 190 valence electrons. The molecule has 0 fully saturated rings. The summed E-state index contributed by atoms with van der Waals surface area (Å²) in [7, 11) is 1.17. The van der Waals surface area contributed by atoms with E-state index in [1.165, 1.54) is 7.11 Å². The maximum absolute atomic E-state index is 13.4. The monoisotopic (exact) mass is 481 g/mol. The first-order valence-electron chi connectivity index (χ1n) is 10.8. The number of ether oxygens (including phenoxy) is 2. The molecule has 0 spiro atoms. The molecular weight excluding hydrogens is 446 g/mol. The molecule has 1 aromatic rings. The van der Waals surface area contributed by atoms with E-state index in [-0.39, 0.29) is 6.54 Å². The molecule has 0 heterocycles. The van der Waals surface area contributed by atoms with Crippen LogP contribution in [0.3, 0.4) is 0 Å². The Hall–Kier alpha value is -3.18. The van der Waals surface area contributed by atoms with E-state index in [2.05, 4.69) is 15.4 Å². The zero-order valence-corrected chi connectivity index (χ0v) is 20.5. The van der Waals surface area contributed by atoms with Gasteiger partial charge in [-0.25, -0.2) is 4.79 Å². The molecule has 0 saturated carbocycles. The minimum absolute atomic E-state index is 0.283. The van der Waals surface area contributed by atoms with E-state index in [9.17, 15) is 29.4 Å². The molecule has 3 amide bonds. The Balaban J connectivity index is 3.37. The predicted octanol–water partition coefficient (Wildman–Crippen LogP) is 0.340. The third-order valence-corrected chi connectivity index (χ3v) is 4.55. The summed E-state index contributed by atoms with van der Waals surface area (Å²) in [5.41, 5.74) is 1.23. The first-order valence-corrected chi connectivity index (χ1v) is 10.8. The predicted molar refractivity (Wildman–Crippen MR) is 123 cm³/mol. The van der Waals surface area contributed by atoms with Gasteiger partial charge < -0.3 is 35.2 Å². The van der Waals surface area contributed by atoms with Crippen LogP contribution in [-0.4, -0.2) is 84.0 Å².